The van der Waals surface area contributed by atoms with Crippen molar-refractivity contribution in [2.24, 2.45) is 0 Å². The Labute approximate surface area is 115 Å². The molecule has 1 aliphatic rings. The fraction of sp³-hybridized carbons (Fsp3) is 0.562. The molecular formula is C16H23NO2. The molecule has 19 heavy (non-hydrogen) atoms. The molecule has 1 aliphatic heterocycles. The maximum atomic E-state index is 10.9. The molecule has 0 aliphatic carbocycles. The summed E-state index contributed by atoms with van der Waals surface area (Å²) in [6.45, 7) is 6.39. The van der Waals surface area contributed by atoms with E-state index in [0.29, 0.717) is 11.6 Å². The number of likely N-dealkylation sites (tertiary alicyclic amines) is 1. The van der Waals surface area contributed by atoms with Crippen molar-refractivity contribution in [3.8, 4) is 0 Å². The lowest BCUT2D eigenvalue weighted by molar-refractivity contribution is 0.0696. The largest absolute Gasteiger partial charge is 0.478 e. The van der Waals surface area contributed by atoms with Crippen LogP contribution in [-0.4, -0.2) is 28.6 Å². The molecule has 1 unspecified atom stereocenters. The van der Waals surface area contributed by atoms with Gasteiger partial charge in [0.25, 0.3) is 0 Å². The summed E-state index contributed by atoms with van der Waals surface area (Å²) in [5.41, 5.74) is 2.71. The van der Waals surface area contributed by atoms with Crippen molar-refractivity contribution in [2.45, 2.75) is 52.1 Å². The highest BCUT2D eigenvalue weighted by molar-refractivity contribution is 5.87. The van der Waals surface area contributed by atoms with Crippen molar-refractivity contribution in [3.05, 3.63) is 34.9 Å². The number of rotatable bonds is 3. The number of nitrogens with zero attached hydrogens (tertiary/aromatic N) is 1. The van der Waals surface area contributed by atoms with E-state index in [1.54, 1.807) is 12.1 Å². The Bertz CT molecular complexity index is 456. The minimum atomic E-state index is -0.849. The zero-order chi connectivity index (χ0) is 13.8. The number of hydrogen-bond acceptors (Lipinski definition) is 2. The summed E-state index contributed by atoms with van der Waals surface area (Å²) in [6.07, 6.45) is 5.20. The SMILES string of the molecule is Cc1cc(C(=O)O)ccc1CN1CCCCCC1C. The molecule has 1 aromatic rings. The standard InChI is InChI=1S/C16H23NO2/c1-12-10-14(16(18)19)7-8-15(12)11-17-9-5-3-4-6-13(17)2/h7-8,10,13H,3-6,9,11H2,1-2H3,(H,18,19). The van der Waals surface area contributed by atoms with Crippen molar-refractivity contribution in [3.63, 3.8) is 0 Å². The highest BCUT2D eigenvalue weighted by Crippen LogP contribution is 2.21. The minimum Gasteiger partial charge on any atom is -0.478 e. The number of carboxylic acid groups (broad SMARTS) is 1. The third kappa shape index (κ3) is 3.57. The van der Waals surface area contributed by atoms with Gasteiger partial charge in [-0.1, -0.05) is 18.9 Å². The molecule has 1 fully saturated rings. The van der Waals surface area contributed by atoms with E-state index in [-0.39, 0.29) is 0 Å². The fourth-order valence-electron chi connectivity index (χ4n) is 2.79. The van der Waals surface area contributed by atoms with Gasteiger partial charge < -0.3 is 5.11 Å². The van der Waals surface area contributed by atoms with Gasteiger partial charge in [0, 0.05) is 12.6 Å². The fourth-order valence-corrected chi connectivity index (χ4v) is 2.79. The molecule has 104 valence electrons. The molecule has 1 heterocycles. The molecule has 0 bridgehead atoms. The van der Waals surface area contributed by atoms with Gasteiger partial charge in [-0.3, -0.25) is 4.90 Å². The summed E-state index contributed by atoms with van der Waals surface area (Å²) in [4.78, 5) is 13.5. The lowest BCUT2D eigenvalue weighted by atomic mass is 10.0. The third-order valence-corrected chi connectivity index (χ3v) is 4.15. The van der Waals surface area contributed by atoms with Gasteiger partial charge in [-0.15, -0.1) is 0 Å². The summed E-state index contributed by atoms with van der Waals surface area (Å²) >= 11 is 0. The molecule has 0 radical (unpaired) electrons. The highest BCUT2D eigenvalue weighted by Gasteiger charge is 2.17. The Morgan fingerprint density at radius 1 is 1.37 bits per heavy atom. The Morgan fingerprint density at radius 2 is 2.16 bits per heavy atom. The van der Waals surface area contributed by atoms with E-state index >= 15 is 0 Å². The van der Waals surface area contributed by atoms with E-state index < -0.39 is 5.97 Å². The number of aryl methyl sites for hydroxylation is 1. The molecule has 0 spiro atoms. The molecule has 1 saturated heterocycles. The average Bonchev–Trinajstić information content (AvgIpc) is 2.57. The van der Waals surface area contributed by atoms with Gasteiger partial charge in [0.05, 0.1) is 5.56 Å². The lowest BCUT2D eigenvalue weighted by Gasteiger charge is -2.27. The van der Waals surface area contributed by atoms with E-state index in [0.717, 1.165) is 18.7 Å². The number of carbonyl (C=O) groups is 1. The van der Waals surface area contributed by atoms with Crippen LogP contribution < -0.4 is 0 Å². The summed E-state index contributed by atoms with van der Waals surface area (Å²) < 4.78 is 0. The molecule has 1 N–H and O–H groups in total. The topological polar surface area (TPSA) is 40.5 Å². The third-order valence-electron chi connectivity index (χ3n) is 4.15. The monoisotopic (exact) mass is 261 g/mol. The van der Waals surface area contributed by atoms with E-state index in [4.69, 9.17) is 5.11 Å². The smallest absolute Gasteiger partial charge is 0.335 e. The first-order valence-electron chi connectivity index (χ1n) is 7.15. The zero-order valence-electron chi connectivity index (χ0n) is 11.9. The van der Waals surface area contributed by atoms with Crippen LogP contribution >= 0.6 is 0 Å². The molecule has 0 aromatic heterocycles. The van der Waals surface area contributed by atoms with Crippen molar-refractivity contribution < 1.29 is 9.90 Å². The predicted octanol–water partition coefficient (Wildman–Crippen LogP) is 3.46. The van der Waals surface area contributed by atoms with Gasteiger partial charge in [-0.25, -0.2) is 4.79 Å². The van der Waals surface area contributed by atoms with E-state index in [1.165, 1.54) is 31.2 Å². The first kappa shape index (κ1) is 14.1. The normalized spacial score (nSPS) is 21.1. The Balaban J connectivity index is 2.11. The number of hydrogen-bond donors (Lipinski definition) is 1. The number of aromatic carboxylic acids is 1. The molecule has 0 saturated carbocycles. The van der Waals surface area contributed by atoms with Crippen LogP contribution in [-0.2, 0) is 6.54 Å². The maximum Gasteiger partial charge on any atom is 0.335 e. The molecule has 0 amide bonds. The Kier molecular flexibility index (Phi) is 4.59. The Morgan fingerprint density at radius 3 is 2.84 bits per heavy atom. The van der Waals surface area contributed by atoms with Crippen molar-refractivity contribution in [1.29, 1.82) is 0 Å². The first-order chi connectivity index (χ1) is 9.08. The quantitative estimate of drug-likeness (QED) is 0.906. The van der Waals surface area contributed by atoms with E-state index in [9.17, 15) is 4.79 Å². The van der Waals surface area contributed by atoms with Crippen LogP contribution in [0.3, 0.4) is 0 Å². The second-order valence-electron chi connectivity index (χ2n) is 5.62. The van der Waals surface area contributed by atoms with Gasteiger partial charge in [0.15, 0.2) is 0 Å². The van der Waals surface area contributed by atoms with Crippen LogP contribution in [0.2, 0.25) is 0 Å². The number of carboxylic acids is 1. The molecule has 2 rings (SSSR count). The molecule has 3 heteroatoms. The van der Waals surface area contributed by atoms with E-state index in [2.05, 4.69) is 11.8 Å². The van der Waals surface area contributed by atoms with Crippen LogP contribution in [0.25, 0.3) is 0 Å². The number of benzene rings is 1. The summed E-state index contributed by atoms with van der Waals surface area (Å²) in [5.74, 6) is -0.849. The highest BCUT2D eigenvalue weighted by atomic mass is 16.4. The van der Waals surface area contributed by atoms with Crippen LogP contribution in [0.5, 0.6) is 0 Å². The molecular weight excluding hydrogens is 238 g/mol. The molecule has 1 aromatic carbocycles. The summed E-state index contributed by atoms with van der Waals surface area (Å²) in [5, 5.41) is 8.99. The van der Waals surface area contributed by atoms with Crippen LogP contribution in [0.1, 0.15) is 54.1 Å². The predicted molar refractivity (Wildman–Crippen MR) is 76.5 cm³/mol. The van der Waals surface area contributed by atoms with Crippen LogP contribution in [0.15, 0.2) is 18.2 Å². The molecule has 3 nitrogen and oxygen atoms in total. The van der Waals surface area contributed by atoms with Crippen molar-refractivity contribution >= 4 is 5.97 Å². The average molecular weight is 261 g/mol. The first-order valence-corrected chi connectivity index (χ1v) is 7.15. The van der Waals surface area contributed by atoms with Crippen LogP contribution in [0, 0.1) is 6.92 Å². The Hall–Kier alpha value is -1.35. The summed E-state index contributed by atoms with van der Waals surface area (Å²) in [6, 6.07) is 6.09. The van der Waals surface area contributed by atoms with Crippen LogP contribution in [0.4, 0.5) is 0 Å². The van der Waals surface area contributed by atoms with Gasteiger partial charge >= 0.3 is 5.97 Å². The van der Waals surface area contributed by atoms with Gasteiger partial charge in [-0.05, 0) is 56.5 Å². The zero-order valence-corrected chi connectivity index (χ0v) is 11.9. The summed E-state index contributed by atoms with van der Waals surface area (Å²) in [7, 11) is 0. The van der Waals surface area contributed by atoms with Crippen molar-refractivity contribution in [2.75, 3.05) is 6.54 Å². The minimum absolute atomic E-state index is 0.380. The van der Waals surface area contributed by atoms with Crippen molar-refractivity contribution in [1.82, 2.24) is 4.90 Å². The second kappa shape index (κ2) is 6.20. The van der Waals surface area contributed by atoms with Gasteiger partial charge in [0.1, 0.15) is 0 Å². The molecule has 1 atom stereocenters. The lowest BCUT2D eigenvalue weighted by Crippen LogP contribution is -2.32. The van der Waals surface area contributed by atoms with Gasteiger partial charge in [0.2, 0.25) is 0 Å². The van der Waals surface area contributed by atoms with Gasteiger partial charge in [-0.2, -0.15) is 0 Å². The maximum absolute atomic E-state index is 10.9. The second-order valence-corrected chi connectivity index (χ2v) is 5.62. The van der Waals surface area contributed by atoms with E-state index in [1.807, 2.05) is 13.0 Å².